The van der Waals surface area contributed by atoms with Crippen LogP contribution < -0.4 is 15.8 Å². The summed E-state index contributed by atoms with van der Waals surface area (Å²) in [7, 11) is 0. The van der Waals surface area contributed by atoms with Crippen molar-refractivity contribution < 1.29 is 23.2 Å². The van der Waals surface area contributed by atoms with Gasteiger partial charge >= 0.3 is 0 Å². The van der Waals surface area contributed by atoms with Crippen LogP contribution in [-0.4, -0.2) is 35.8 Å². The molecular formula is C17H21FN4O4. The number of benzene rings is 1. The average molecular weight is 364 g/mol. The van der Waals surface area contributed by atoms with Gasteiger partial charge in [0.25, 0.3) is 11.8 Å². The Balaban J connectivity index is 1.61. The largest absolute Gasteiger partial charge is 0.493 e. The number of nitrogens with two attached hydrogens (primary N) is 1. The first-order valence-corrected chi connectivity index (χ1v) is 8.52. The summed E-state index contributed by atoms with van der Waals surface area (Å²) >= 11 is 0. The lowest BCUT2D eigenvalue weighted by Gasteiger charge is -2.11. The van der Waals surface area contributed by atoms with E-state index in [0.717, 1.165) is 18.9 Å². The van der Waals surface area contributed by atoms with Crippen LogP contribution in [0, 0.1) is 5.82 Å². The highest BCUT2D eigenvalue weighted by Crippen LogP contribution is 2.27. The molecule has 1 aliphatic rings. The fraction of sp³-hybridized carbons (Fsp3) is 0.471. The maximum Gasteiger partial charge on any atom is 0.255 e. The van der Waals surface area contributed by atoms with Crippen LogP contribution in [0.3, 0.4) is 0 Å². The van der Waals surface area contributed by atoms with Crippen LogP contribution in [0.2, 0.25) is 0 Å². The standard InChI is InChI=1S/C17H21FN4O4/c18-11-4-5-13(24-8-2-6-19)12(9-11)16(23)20-10-15-21-17(26-22-15)14-3-1-7-25-14/h4-5,9,14H,1-3,6-8,10,19H2,(H,20,23)/t14-/m1/s1. The quantitative estimate of drug-likeness (QED) is 0.686. The van der Waals surface area contributed by atoms with Crippen molar-refractivity contribution in [2.24, 2.45) is 5.73 Å². The van der Waals surface area contributed by atoms with Crippen LogP contribution in [0.4, 0.5) is 4.39 Å². The van der Waals surface area contributed by atoms with Crippen molar-refractivity contribution in [1.82, 2.24) is 15.5 Å². The molecule has 2 aromatic rings. The Morgan fingerprint density at radius 1 is 1.46 bits per heavy atom. The lowest BCUT2D eigenvalue weighted by Crippen LogP contribution is -2.24. The predicted molar refractivity (Wildman–Crippen MR) is 89.0 cm³/mol. The van der Waals surface area contributed by atoms with Gasteiger partial charge in [-0.15, -0.1) is 0 Å². The molecule has 3 N–H and O–H groups in total. The summed E-state index contributed by atoms with van der Waals surface area (Å²) < 4.78 is 29.7. The molecule has 1 fully saturated rings. The molecule has 1 saturated heterocycles. The Hall–Kier alpha value is -2.52. The zero-order chi connectivity index (χ0) is 18.4. The number of nitrogens with one attached hydrogen (secondary N) is 1. The Kier molecular flexibility index (Phi) is 6.13. The lowest BCUT2D eigenvalue weighted by atomic mass is 10.2. The number of rotatable bonds is 8. The molecule has 1 amide bonds. The van der Waals surface area contributed by atoms with Crippen molar-refractivity contribution in [3.05, 3.63) is 41.3 Å². The minimum atomic E-state index is -0.526. The van der Waals surface area contributed by atoms with Crippen LogP contribution in [0.1, 0.15) is 47.4 Å². The highest BCUT2D eigenvalue weighted by Gasteiger charge is 2.24. The maximum absolute atomic E-state index is 13.5. The second-order valence-electron chi connectivity index (χ2n) is 5.86. The third-order valence-corrected chi connectivity index (χ3v) is 3.89. The van der Waals surface area contributed by atoms with E-state index in [9.17, 15) is 9.18 Å². The van der Waals surface area contributed by atoms with Crippen molar-refractivity contribution in [2.45, 2.75) is 31.9 Å². The summed E-state index contributed by atoms with van der Waals surface area (Å²) in [6.07, 6.45) is 2.23. The zero-order valence-corrected chi connectivity index (χ0v) is 14.2. The molecule has 0 radical (unpaired) electrons. The monoisotopic (exact) mass is 364 g/mol. The van der Waals surface area contributed by atoms with Crippen LogP contribution in [-0.2, 0) is 11.3 Å². The molecule has 8 nitrogen and oxygen atoms in total. The van der Waals surface area contributed by atoms with E-state index in [-0.39, 0.29) is 18.2 Å². The van der Waals surface area contributed by atoms with Gasteiger partial charge in [-0.1, -0.05) is 5.16 Å². The number of aromatic nitrogens is 2. The summed E-state index contributed by atoms with van der Waals surface area (Å²) in [6.45, 7) is 1.53. The highest BCUT2D eigenvalue weighted by molar-refractivity contribution is 5.96. The normalized spacial score (nSPS) is 16.6. The fourth-order valence-electron chi connectivity index (χ4n) is 2.57. The number of hydrogen-bond acceptors (Lipinski definition) is 7. The van der Waals surface area contributed by atoms with E-state index in [0.29, 0.717) is 43.6 Å². The first-order valence-electron chi connectivity index (χ1n) is 8.52. The number of hydrogen-bond donors (Lipinski definition) is 2. The number of carbonyl (C=O) groups excluding carboxylic acids is 1. The van der Waals surface area contributed by atoms with Gasteiger partial charge in [-0.2, -0.15) is 4.98 Å². The van der Waals surface area contributed by atoms with Gasteiger partial charge in [0.2, 0.25) is 0 Å². The summed E-state index contributed by atoms with van der Waals surface area (Å²) in [5.41, 5.74) is 5.52. The highest BCUT2D eigenvalue weighted by atomic mass is 19.1. The molecule has 0 unspecified atom stereocenters. The first-order chi connectivity index (χ1) is 12.7. The van der Waals surface area contributed by atoms with Gasteiger partial charge < -0.3 is 25.0 Å². The Morgan fingerprint density at radius 2 is 2.35 bits per heavy atom. The molecule has 2 heterocycles. The molecule has 1 atom stereocenters. The molecule has 3 rings (SSSR count). The molecular weight excluding hydrogens is 343 g/mol. The number of ether oxygens (including phenoxy) is 2. The summed E-state index contributed by atoms with van der Waals surface area (Å²) in [5.74, 6) is 0.0111. The van der Waals surface area contributed by atoms with Gasteiger partial charge in [0.15, 0.2) is 5.82 Å². The SMILES string of the molecule is NCCCOc1ccc(F)cc1C(=O)NCc1noc([C@H]2CCCO2)n1. The van der Waals surface area contributed by atoms with E-state index < -0.39 is 11.7 Å². The number of amides is 1. The summed E-state index contributed by atoms with van der Waals surface area (Å²) in [6, 6.07) is 3.79. The van der Waals surface area contributed by atoms with Crippen molar-refractivity contribution in [1.29, 1.82) is 0 Å². The van der Waals surface area contributed by atoms with Crippen molar-refractivity contribution in [3.63, 3.8) is 0 Å². The van der Waals surface area contributed by atoms with Crippen molar-refractivity contribution in [3.8, 4) is 5.75 Å². The third kappa shape index (κ3) is 4.55. The van der Waals surface area contributed by atoms with E-state index >= 15 is 0 Å². The predicted octanol–water partition coefficient (Wildman–Crippen LogP) is 1.72. The lowest BCUT2D eigenvalue weighted by molar-refractivity contribution is 0.0835. The molecule has 1 aromatic heterocycles. The molecule has 0 aliphatic carbocycles. The summed E-state index contributed by atoms with van der Waals surface area (Å²) in [4.78, 5) is 16.6. The zero-order valence-electron chi connectivity index (χ0n) is 14.2. The van der Waals surface area contributed by atoms with Gasteiger partial charge in [-0.05, 0) is 44.0 Å². The Morgan fingerprint density at radius 3 is 3.12 bits per heavy atom. The van der Waals surface area contributed by atoms with Crippen molar-refractivity contribution >= 4 is 5.91 Å². The number of carbonyl (C=O) groups is 1. The van der Waals surface area contributed by atoms with Gasteiger partial charge in [-0.25, -0.2) is 4.39 Å². The molecule has 0 saturated carbocycles. The van der Waals surface area contributed by atoms with E-state index in [1.54, 1.807) is 0 Å². The Bertz CT molecular complexity index is 746. The fourth-order valence-corrected chi connectivity index (χ4v) is 2.57. The van der Waals surface area contributed by atoms with Crippen LogP contribution in [0.25, 0.3) is 0 Å². The van der Waals surface area contributed by atoms with E-state index in [4.69, 9.17) is 19.7 Å². The van der Waals surface area contributed by atoms with Gasteiger partial charge in [0.05, 0.1) is 18.7 Å². The molecule has 0 spiro atoms. The molecule has 1 aromatic carbocycles. The topological polar surface area (TPSA) is 112 Å². The minimum Gasteiger partial charge on any atom is -0.493 e. The average Bonchev–Trinajstić information content (AvgIpc) is 3.32. The third-order valence-electron chi connectivity index (χ3n) is 3.89. The minimum absolute atomic E-state index is 0.0494. The van der Waals surface area contributed by atoms with Gasteiger partial charge in [-0.3, -0.25) is 4.79 Å². The molecule has 140 valence electrons. The molecule has 0 bridgehead atoms. The molecule has 1 aliphatic heterocycles. The van der Waals surface area contributed by atoms with E-state index in [2.05, 4.69) is 15.5 Å². The van der Waals surface area contributed by atoms with E-state index in [1.807, 2.05) is 0 Å². The van der Waals surface area contributed by atoms with E-state index in [1.165, 1.54) is 12.1 Å². The maximum atomic E-state index is 13.5. The first kappa shape index (κ1) is 18.3. The number of halogens is 1. The second kappa shape index (κ2) is 8.72. The van der Waals surface area contributed by atoms with Gasteiger partial charge in [0.1, 0.15) is 17.7 Å². The van der Waals surface area contributed by atoms with Crippen molar-refractivity contribution in [2.75, 3.05) is 19.8 Å². The smallest absolute Gasteiger partial charge is 0.255 e. The Labute approximate surface area is 149 Å². The molecule has 9 heteroatoms. The van der Waals surface area contributed by atoms with Crippen LogP contribution in [0.5, 0.6) is 5.75 Å². The second-order valence-corrected chi connectivity index (χ2v) is 5.86. The number of nitrogens with zero attached hydrogens (tertiary/aromatic N) is 2. The van der Waals surface area contributed by atoms with Crippen LogP contribution >= 0.6 is 0 Å². The van der Waals surface area contributed by atoms with Gasteiger partial charge in [0, 0.05) is 6.61 Å². The molecule has 26 heavy (non-hydrogen) atoms. The van der Waals surface area contributed by atoms with Crippen LogP contribution in [0.15, 0.2) is 22.7 Å². The summed E-state index contributed by atoms with van der Waals surface area (Å²) in [5, 5.41) is 6.47.